The minimum absolute atomic E-state index is 0.0210. The molecule has 4 aromatic rings. The third kappa shape index (κ3) is 4.05. The summed E-state index contributed by atoms with van der Waals surface area (Å²) in [6.45, 7) is 1.71. The first-order valence-electron chi connectivity index (χ1n) is 10.6. The molecule has 5 rings (SSSR count). The van der Waals surface area contributed by atoms with Gasteiger partial charge in [0.15, 0.2) is 15.5 Å². The fourth-order valence-corrected chi connectivity index (χ4v) is 5.93. The topological polar surface area (TPSA) is 93.9 Å². The molecule has 1 N–H and O–H groups in total. The van der Waals surface area contributed by atoms with E-state index in [9.17, 15) is 22.0 Å². The van der Waals surface area contributed by atoms with Crippen LogP contribution in [0.4, 0.5) is 14.5 Å². The summed E-state index contributed by atoms with van der Waals surface area (Å²) in [5.74, 6) is -1.58. The number of nitrogens with one attached hydrogen (secondary N) is 1. The molecular weight excluding hydrogens is 462 g/mol. The van der Waals surface area contributed by atoms with Crippen LogP contribution >= 0.6 is 0 Å². The van der Waals surface area contributed by atoms with Gasteiger partial charge < -0.3 is 5.32 Å². The largest absolute Gasteiger partial charge is 0.319 e. The Morgan fingerprint density at radius 2 is 1.85 bits per heavy atom. The molecular formula is C24H20F2N4O3S. The number of aromatic nitrogens is 3. The number of carbonyl (C=O) groups excluding carboxylic acids is 1. The van der Waals surface area contributed by atoms with Crippen molar-refractivity contribution < 1.29 is 22.0 Å². The van der Waals surface area contributed by atoms with E-state index in [1.165, 1.54) is 42.5 Å². The number of rotatable bonds is 4. The molecule has 1 saturated heterocycles. The first-order valence-corrected chi connectivity index (χ1v) is 12.5. The number of para-hydroxylation sites is 1. The molecule has 1 aliphatic rings. The highest BCUT2D eigenvalue weighted by molar-refractivity contribution is 7.91. The van der Waals surface area contributed by atoms with Gasteiger partial charge in [0.05, 0.1) is 45.6 Å². The van der Waals surface area contributed by atoms with Gasteiger partial charge in [0.1, 0.15) is 11.6 Å². The number of hydrogen-bond acceptors (Lipinski definition) is 5. The maximum absolute atomic E-state index is 14.2. The molecule has 0 spiro atoms. The van der Waals surface area contributed by atoms with E-state index in [0.29, 0.717) is 34.4 Å². The summed E-state index contributed by atoms with van der Waals surface area (Å²) in [7, 11) is -3.19. The number of nitrogens with zero attached hydrogens (tertiary/aromatic N) is 3. The zero-order valence-electron chi connectivity index (χ0n) is 18.1. The summed E-state index contributed by atoms with van der Waals surface area (Å²) < 4.78 is 53.4. The minimum atomic E-state index is -3.19. The monoisotopic (exact) mass is 482 g/mol. The number of hydrogen-bond donors (Lipinski definition) is 1. The standard InChI is InChI=1S/C24H20F2N4O3S/c1-14-22-18(24(31)28-20-5-3-2-4-19(20)26)12-21(15-6-8-16(25)9-7-15)27-23(22)30(29-14)17-10-11-34(32,33)13-17/h2-9,12,17H,10-11,13H2,1H3,(H,28,31)/t17-/m1/s1. The van der Waals surface area contributed by atoms with E-state index in [2.05, 4.69) is 15.4 Å². The molecule has 2 aromatic heterocycles. The Labute approximate surface area is 194 Å². The number of halogens is 2. The maximum atomic E-state index is 14.2. The van der Waals surface area contributed by atoms with Crippen LogP contribution in [0.5, 0.6) is 0 Å². The molecule has 1 fully saturated rings. The van der Waals surface area contributed by atoms with Crippen LogP contribution in [0.15, 0.2) is 54.6 Å². The van der Waals surface area contributed by atoms with E-state index in [1.807, 2.05) is 0 Å². The Bertz CT molecular complexity index is 1530. The Kier molecular flexibility index (Phi) is 5.40. The number of carbonyl (C=O) groups is 1. The number of pyridine rings is 1. The Morgan fingerprint density at radius 1 is 1.12 bits per heavy atom. The van der Waals surface area contributed by atoms with Gasteiger partial charge in [0, 0.05) is 5.56 Å². The van der Waals surface area contributed by atoms with Gasteiger partial charge >= 0.3 is 0 Å². The third-order valence-corrected chi connectivity index (χ3v) is 7.65. The van der Waals surface area contributed by atoms with Crippen molar-refractivity contribution in [3.8, 4) is 11.3 Å². The van der Waals surface area contributed by atoms with Crippen LogP contribution in [-0.4, -0.2) is 40.6 Å². The fourth-order valence-electron chi connectivity index (χ4n) is 4.24. The second-order valence-electron chi connectivity index (χ2n) is 8.28. The van der Waals surface area contributed by atoms with Crippen LogP contribution < -0.4 is 5.32 Å². The predicted octanol–water partition coefficient (Wildman–Crippen LogP) is 4.30. The van der Waals surface area contributed by atoms with Gasteiger partial charge in [-0.3, -0.25) is 4.79 Å². The van der Waals surface area contributed by atoms with Crippen molar-refractivity contribution in [1.29, 1.82) is 0 Å². The zero-order valence-corrected chi connectivity index (χ0v) is 18.9. The molecule has 0 aliphatic carbocycles. The van der Waals surface area contributed by atoms with Crippen LogP contribution in [0.2, 0.25) is 0 Å². The number of sulfone groups is 1. The smallest absolute Gasteiger partial charge is 0.256 e. The van der Waals surface area contributed by atoms with Gasteiger partial charge in [-0.25, -0.2) is 26.9 Å². The average molecular weight is 483 g/mol. The average Bonchev–Trinajstić information content (AvgIpc) is 3.34. The van der Waals surface area contributed by atoms with Gasteiger partial charge in [-0.2, -0.15) is 5.10 Å². The molecule has 0 bridgehead atoms. The minimum Gasteiger partial charge on any atom is -0.319 e. The zero-order chi connectivity index (χ0) is 24.0. The molecule has 10 heteroatoms. The highest BCUT2D eigenvalue weighted by Crippen LogP contribution is 2.32. The van der Waals surface area contributed by atoms with Crippen LogP contribution in [0.3, 0.4) is 0 Å². The molecule has 174 valence electrons. The van der Waals surface area contributed by atoms with Gasteiger partial charge in [-0.15, -0.1) is 0 Å². The molecule has 3 heterocycles. The number of aryl methyl sites for hydroxylation is 1. The summed E-state index contributed by atoms with van der Waals surface area (Å²) in [5.41, 5.74) is 2.02. The lowest BCUT2D eigenvalue weighted by atomic mass is 10.0. The highest BCUT2D eigenvalue weighted by Gasteiger charge is 2.32. The summed E-state index contributed by atoms with van der Waals surface area (Å²) in [5, 5.41) is 7.57. The second kappa shape index (κ2) is 8.28. The van der Waals surface area contributed by atoms with Crippen LogP contribution in [0, 0.1) is 18.6 Å². The first kappa shape index (κ1) is 22.1. The van der Waals surface area contributed by atoms with Crippen molar-refractivity contribution in [2.24, 2.45) is 0 Å². The number of amides is 1. The molecule has 1 aliphatic heterocycles. The number of anilines is 1. The van der Waals surface area contributed by atoms with E-state index in [0.717, 1.165) is 0 Å². The summed E-state index contributed by atoms with van der Waals surface area (Å²) in [6.07, 6.45) is 0.387. The highest BCUT2D eigenvalue weighted by atomic mass is 32.2. The number of benzene rings is 2. The lowest BCUT2D eigenvalue weighted by molar-refractivity contribution is 0.102. The Hall–Kier alpha value is -3.66. The molecule has 1 amide bonds. The Balaban J connectivity index is 1.69. The molecule has 34 heavy (non-hydrogen) atoms. The Morgan fingerprint density at radius 3 is 2.53 bits per heavy atom. The lowest BCUT2D eigenvalue weighted by Gasteiger charge is -2.12. The van der Waals surface area contributed by atoms with Crippen LogP contribution in [0.1, 0.15) is 28.5 Å². The molecule has 1 atom stereocenters. The van der Waals surface area contributed by atoms with Crippen molar-refractivity contribution in [3.05, 3.63) is 77.5 Å². The first-order chi connectivity index (χ1) is 16.2. The number of fused-ring (bicyclic) bond motifs is 1. The van der Waals surface area contributed by atoms with E-state index >= 15 is 0 Å². The quantitative estimate of drug-likeness (QED) is 0.468. The lowest BCUT2D eigenvalue weighted by Crippen LogP contribution is -2.15. The molecule has 2 aromatic carbocycles. The van der Waals surface area contributed by atoms with E-state index in [-0.39, 0.29) is 22.8 Å². The van der Waals surface area contributed by atoms with Gasteiger partial charge in [-0.1, -0.05) is 12.1 Å². The fraction of sp³-hybridized carbons (Fsp3) is 0.208. The van der Waals surface area contributed by atoms with Crippen molar-refractivity contribution in [3.63, 3.8) is 0 Å². The molecule has 0 radical (unpaired) electrons. The van der Waals surface area contributed by atoms with Crippen molar-refractivity contribution in [2.45, 2.75) is 19.4 Å². The van der Waals surface area contributed by atoms with Crippen molar-refractivity contribution in [2.75, 3.05) is 16.8 Å². The van der Waals surface area contributed by atoms with Crippen molar-refractivity contribution >= 4 is 32.5 Å². The summed E-state index contributed by atoms with van der Waals surface area (Å²) in [4.78, 5) is 18.0. The van der Waals surface area contributed by atoms with Gasteiger partial charge in [0.25, 0.3) is 5.91 Å². The summed E-state index contributed by atoms with van der Waals surface area (Å²) in [6, 6.07) is 12.6. The third-order valence-electron chi connectivity index (χ3n) is 5.90. The summed E-state index contributed by atoms with van der Waals surface area (Å²) >= 11 is 0. The van der Waals surface area contributed by atoms with Crippen molar-refractivity contribution in [1.82, 2.24) is 14.8 Å². The van der Waals surface area contributed by atoms with Crippen LogP contribution in [-0.2, 0) is 9.84 Å². The van der Waals surface area contributed by atoms with E-state index < -0.39 is 33.4 Å². The van der Waals surface area contributed by atoms with Gasteiger partial charge in [-0.05, 0) is 55.8 Å². The SMILES string of the molecule is Cc1nn([C@@H]2CCS(=O)(=O)C2)c2nc(-c3ccc(F)cc3)cc(C(=O)Nc3ccccc3F)c12. The predicted molar refractivity (Wildman–Crippen MR) is 124 cm³/mol. The van der Waals surface area contributed by atoms with Crippen LogP contribution in [0.25, 0.3) is 22.3 Å². The molecule has 0 unspecified atom stereocenters. The maximum Gasteiger partial charge on any atom is 0.256 e. The molecule has 0 saturated carbocycles. The van der Waals surface area contributed by atoms with Gasteiger partial charge in [0.2, 0.25) is 0 Å². The van der Waals surface area contributed by atoms with E-state index in [4.69, 9.17) is 0 Å². The second-order valence-corrected chi connectivity index (χ2v) is 10.5. The molecule has 7 nitrogen and oxygen atoms in total. The van der Waals surface area contributed by atoms with E-state index in [1.54, 1.807) is 23.7 Å². The normalized spacial score (nSPS) is 17.2.